The summed E-state index contributed by atoms with van der Waals surface area (Å²) < 4.78 is 40.8. The summed E-state index contributed by atoms with van der Waals surface area (Å²) >= 11 is 0. The first-order chi connectivity index (χ1) is 12.9. The molecule has 0 saturated carbocycles. The van der Waals surface area contributed by atoms with Crippen molar-refractivity contribution in [3.8, 4) is 0 Å². The van der Waals surface area contributed by atoms with Crippen LogP contribution in [0.2, 0.25) is 0 Å². The van der Waals surface area contributed by atoms with Gasteiger partial charge in [0.25, 0.3) is 15.9 Å². The van der Waals surface area contributed by atoms with Gasteiger partial charge in [-0.15, -0.1) is 0 Å². The Morgan fingerprint density at radius 1 is 1.19 bits per heavy atom. The Hall–Kier alpha value is -2.41. The third-order valence-corrected chi connectivity index (χ3v) is 6.29. The molecule has 0 spiro atoms. The van der Waals surface area contributed by atoms with Crippen LogP contribution in [-0.4, -0.2) is 32.3 Å². The van der Waals surface area contributed by atoms with Crippen LogP contribution in [0.3, 0.4) is 0 Å². The van der Waals surface area contributed by atoms with Gasteiger partial charge in [0.05, 0.1) is 16.1 Å². The van der Waals surface area contributed by atoms with Gasteiger partial charge in [-0.3, -0.25) is 9.52 Å². The summed E-state index contributed by atoms with van der Waals surface area (Å²) in [7, 11) is -3.92. The second-order valence-corrected chi connectivity index (χ2v) is 8.46. The molecule has 0 aromatic heterocycles. The number of nitrogens with one attached hydrogen (secondary N) is 1. The molecule has 7 heteroatoms. The highest BCUT2D eigenvalue weighted by Gasteiger charge is 2.26. The number of nitrogens with zero attached hydrogens (tertiary/aromatic N) is 1. The highest BCUT2D eigenvalue weighted by molar-refractivity contribution is 7.92. The van der Waals surface area contributed by atoms with Gasteiger partial charge in [-0.2, -0.15) is 0 Å². The highest BCUT2D eigenvalue weighted by atomic mass is 32.2. The lowest BCUT2D eigenvalue weighted by atomic mass is 9.95. The molecule has 1 atom stereocenters. The Balaban J connectivity index is 1.85. The van der Waals surface area contributed by atoms with Crippen molar-refractivity contribution >= 4 is 21.6 Å². The van der Waals surface area contributed by atoms with Gasteiger partial charge < -0.3 is 4.90 Å². The Labute approximate surface area is 159 Å². The van der Waals surface area contributed by atoms with Crippen LogP contribution < -0.4 is 4.72 Å². The Bertz CT molecular complexity index is 913. The topological polar surface area (TPSA) is 66.5 Å². The van der Waals surface area contributed by atoms with Crippen molar-refractivity contribution in [3.05, 3.63) is 59.9 Å². The summed E-state index contributed by atoms with van der Waals surface area (Å²) in [5.74, 6) is -0.212. The molecule has 27 heavy (non-hydrogen) atoms. The molecule has 1 fully saturated rings. The third-order valence-electron chi connectivity index (χ3n) is 4.91. The first-order valence-corrected chi connectivity index (χ1v) is 10.6. The lowest BCUT2D eigenvalue weighted by molar-refractivity contribution is 0.0672. The van der Waals surface area contributed by atoms with Gasteiger partial charge in [0, 0.05) is 13.1 Å². The van der Waals surface area contributed by atoms with Crippen LogP contribution in [0.25, 0.3) is 0 Å². The molecule has 0 aliphatic carbocycles. The van der Waals surface area contributed by atoms with E-state index in [0.717, 1.165) is 31.4 Å². The van der Waals surface area contributed by atoms with Crippen molar-refractivity contribution in [2.75, 3.05) is 17.8 Å². The van der Waals surface area contributed by atoms with Gasteiger partial charge in [0.1, 0.15) is 5.82 Å². The number of piperidine rings is 1. The number of halogens is 1. The van der Waals surface area contributed by atoms with E-state index in [9.17, 15) is 17.6 Å². The Morgan fingerprint density at radius 2 is 1.89 bits per heavy atom. The molecule has 144 valence electrons. The van der Waals surface area contributed by atoms with E-state index < -0.39 is 15.8 Å². The predicted molar refractivity (Wildman–Crippen MR) is 103 cm³/mol. The van der Waals surface area contributed by atoms with Crippen LogP contribution in [0.1, 0.15) is 36.5 Å². The van der Waals surface area contributed by atoms with E-state index >= 15 is 0 Å². The van der Waals surface area contributed by atoms with Crippen LogP contribution in [0, 0.1) is 11.7 Å². The zero-order valence-electron chi connectivity index (χ0n) is 15.2. The third kappa shape index (κ3) is 4.47. The number of anilines is 1. The fourth-order valence-electron chi connectivity index (χ4n) is 3.33. The van der Waals surface area contributed by atoms with Crippen LogP contribution >= 0.6 is 0 Å². The van der Waals surface area contributed by atoms with Gasteiger partial charge in [-0.1, -0.05) is 25.5 Å². The molecule has 1 aliphatic heterocycles. The number of rotatable bonds is 5. The number of carbonyl (C=O) groups excluding carboxylic acids is 1. The number of hydrogen-bond acceptors (Lipinski definition) is 3. The van der Waals surface area contributed by atoms with E-state index in [1.54, 1.807) is 29.2 Å². The summed E-state index contributed by atoms with van der Waals surface area (Å²) in [5, 5.41) is 0. The van der Waals surface area contributed by atoms with E-state index in [1.165, 1.54) is 12.1 Å². The standard InChI is InChI=1S/C20H23FN2O3S/c1-2-15-6-5-13-23(14-15)20(24)18-7-3-4-8-19(18)22-27(25,26)17-11-9-16(21)10-12-17/h3-4,7-12,15,22H,2,5-6,13-14H2,1H3. The van der Waals surface area contributed by atoms with Crippen LogP contribution in [0.15, 0.2) is 53.4 Å². The largest absolute Gasteiger partial charge is 0.338 e. The molecule has 1 aliphatic rings. The molecule has 3 rings (SSSR count). The maximum atomic E-state index is 13.1. The average molecular weight is 390 g/mol. The minimum Gasteiger partial charge on any atom is -0.338 e. The number of amides is 1. The lowest BCUT2D eigenvalue weighted by Gasteiger charge is -2.32. The second-order valence-electron chi connectivity index (χ2n) is 6.77. The van der Waals surface area contributed by atoms with Crippen molar-refractivity contribution in [2.24, 2.45) is 5.92 Å². The minimum absolute atomic E-state index is 0.0600. The highest BCUT2D eigenvalue weighted by Crippen LogP contribution is 2.25. The summed E-state index contributed by atoms with van der Waals surface area (Å²) in [6.07, 6.45) is 3.08. The van der Waals surface area contributed by atoms with Crippen LogP contribution in [-0.2, 0) is 10.0 Å². The van der Waals surface area contributed by atoms with Gasteiger partial charge >= 0.3 is 0 Å². The second kappa shape index (κ2) is 8.08. The summed E-state index contributed by atoms with van der Waals surface area (Å²) in [5.41, 5.74) is 0.547. The van der Waals surface area contributed by atoms with E-state index in [-0.39, 0.29) is 16.5 Å². The first kappa shape index (κ1) is 19.4. The minimum atomic E-state index is -3.92. The van der Waals surface area contributed by atoms with Crippen molar-refractivity contribution in [2.45, 2.75) is 31.1 Å². The fraction of sp³-hybridized carbons (Fsp3) is 0.350. The van der Waals surface area contributed by atoms with Crippen LogP contribution in [0.5, 0.6) is 0 Å². The van der Waals surface area contributed by atoms with Crippen LogP contribution in [0.4, 0.5) is 10.1 Å². The number of likely N-dealkylation sites (tertiary alicyclic amines) is 1. The molecule has 1 unspecified atom stereocenters. The lowest BCUT2D eigenvalue weighted by Crippen LogP contribution is -2.40. The summed E-state index contributed by atoms with van der Waals surface area (Å²) in [6.45, 7) is 3.48. The van der Waals surface area contributed by atoms with Crippen molar-refractivity contribution in [1.82, 2.24) is 4.90 Å². The van der Waals surface area contributed by atoms with Crippen molar-refractivity contribution in [1.29, 1.82) is 0 Å². The zero-order chi connectivity index (χ0) is 19.4. The van der Waals surface area contributed by atoms with E-state index in [4.69, 9.17) is 0 Å². The molecule has 1 amide bonds. The van der Waals surface area contributed by atoms with Gasteiger partial charge in [-0.05, 0) is 55.2 Å². The zero-order valence-corrected chi connectivity index (χ0v) is 16.0. The number of para-hydroxylation sites is 1. The quantitative estimate of drug-likeness (QED) is 0.842. The molecular formula is C20H23FN2O3S. The molecule has 2 aromatic carbocycles. The number of carbonyl (C=O) groups is 1. The number of benzene rings is 2. The van der Waals surface area contributed by atoms with E-state index in [2.05, 4.69) is 11.6 Å². The SMILES string of the molecule is CCC1CCCN(C(=O)c2ccccc2NS(=O)(=O)c2ccc(F)cc2)C1. The molecule has 1 N–H and O–H groups in total. The van der Waals surface area contributed by atoms with E-state index in [1.807, 2.05) is 0 Å². The monoisotopic (exact) mass is 390 g/mol. The first-order valence-electron chi connectivity index (χ1n) is 9.07. The fourth-order valence-corrected chi connectivity index (χ4v) is 4.41. The molecule has 1 heterocycles. The van der Waals surface area contributed by atoms with Crippen molar-refractivity contribution in [3.63, 3.8) is 0 Å². The van der Waals surface area contributed by atoms with Gasteiger partial charge in [-0.25, -0.2) is 12.8 Å². The predicted octanol–water partition coefficient (Wildman–Crippen LogP) is 3.89. The molecular weight excluding hydrogens is 367 g/mol. The smallest absolute Gasteiger partial charge is 0.261 e. The maximum absolute atomic E-state index is 13.1. The van der Waals surface area contributed by atoms with Gasteiger partial charge in [0.2, 0.25) is 0 Å². The molecule has 2 aromatic rings. The summed E-state index contributed by atoms with van der Waals surface area (Å²) in [6, 6.07) is 11.1. The molecule has 1 saturated heterocycles. The maximum Gasteiger partial charge on any atom is 0.261 e. The average Bonchev–Trinajstić information content (AvgIpc) is 2.68. The molecule has 5 nitrogen and oxygen atoms in total. The normalized spacial score (nSPS) is 17.6. The Morgan fingerprint density at radius 3 is 2.59 bits per heavy atom. The van der Waals surface area contributed by atoms with Gasteiger partial charge in [0.15, 0.2) is 0 Å². The number of hydrogen-bond donors (Lipinski definition) is 1. The van der Waals surface area contributed by atoms with Crippen molar-refractivity contribution < 1.29 is 17.6 Å². The Kier molecular flexibility index (Phi) is 5.79. The van der Waals surface area contributed by atoms with E-state index in [0.29, 0.717) is 24.6 Å². The summed E-state index contributed by atoms with van der Waals surface area (Å²) in [4.78, 5) is 14.7. The number of sulfonamides is 1. The molecule has 0 bridgehead atoms. The molecule has 0 radical (unpaired) electrons.